The lowest BCUT2D eigenvalue weighted by atomic mass is 10.0. The van der Waals surface area contributed by atoms with Crippen LogP contribution in [-0.4, -0.2) is 66.3 Å². The molecule has 0 bridgehead atoms. The van der Waals surface area contributed by atoms with E-state index in [9.17, 15) is 14.4 Å². The van der Waals surface area contributed by atoms with E-state index in [-0.39, 0.29) is 23.6 Å². The standard InChI is InChI=1S/C25H31N3O4/c1-4-32-21-12-10-19(11-13-21)23(29)26-22(18(2)3)25(31)28-16-14-27(15-17-28)24(30)20-8-6-5-7-9-20/h5-13,18,22H,4,14-17H2,1-3H3,(H,26,29)/t22-/m0/s1. The van der Waals surface area contributed by atoms with E-state index in [4.69, 9.17) is 4.74 Å². The monoisotopic (exact) mass is 437 g/mol. The minimum atomic E-state index is -0.634. The van der Waals surface area contributed by atoms with E-state index in [1.54, 1.807) is 46.2 Å². The number of carbonyl (C=O) groups is 3. The first-order chi connectivity index (χ1) is 15.4. The Morgan fingerprint density at radius 3 is 2.03 bits per heavy atom. The topological polar surface area (TPSA) is 79.0 Å². The van der Waals surface area contributed by atoms with E-state index >= 15 is 0 Å². The van der Waals surface area contributed by atoms with Crippen LogP contribution in [0, 0.1) is 5.92 Å². The quantitative estimate of drug-likeness (QED) is 0.723. The number of nitrogens with one attached hydrogen (secondary N) is 1. The van der Waals surface area contributed by atoms with E-state index in [0.717, 1.165) is 0 Å². The average Bonchev–Trinajstić information content (AvgIpc) is 2.82. The molecule has 1 N–H and O–H groups in total. The third-order valence-electron chi connectivity index (χ3n) is 5.55. The van der Waals surface area contributed by atoms with Gasteiger partial charge in [-0.25, -0.2) is 0 Å². The summed E-state index contributed by atoms with van der Waals surface area (Å²) in [5, 5.41) is 2.89. The van der Waals surface area contributed by atoms with Crippen LogP contribution in [-0.2, 0) is 4.79 Å². The van der Waals surface area contributed by atoms with Crippen molar-refractivity contribution in [2.24, 2.45) is 5.92 Å². The van der Waals surface area contributed by atoms with Gasteiger partial charge in [-0.15, -0.1) is 0 Å². The fourth-order valence-corrected chi connectivity index (χ4v) is 3.70. The summed E-state index contributed by atoms with van der Waals surface area (Å²) in [6, 6.07) is 15.4. The molecule has 3 rings (SSSR count). The molecule has 32 heavy (non-hydrogen) atoms. The summed E-state index contributed by atoms with van der Waals surface area (Å²) in [7, 11) is 0. The van der Waals surface area contributed by atoms with Crippen LogP contribution in [0.25, 0.3) is 0 Å². The molecule has 1 heterocycles. The second-order valence-electron chi connectivity index (χ2n) is 8.14. The average molecular weight is 438 g/mol. The van der Waals surface area contributed by atoms with E-state index in [1.165, 1.54) is 0 Å². The van der Waals surface area contributed by atoms with Crippen molar-refractivity contribution in [1.82, 2.24) is 15.1 Å². The highest BCUT2D eigenvalue weighted by Crippen LogP contribution is 2.15. The minimum Gasteiger partial charge on any atom is -0.494 e. The molecule has 2 aromatic rings. The number of carbonyl (C=O) groups excluding carboxylic acids is 3. The van der Waals surface area contributed by atoms with Crippen LogP contribution in [0.4, 0.5) is 0 Å². The van der Waals surface area contributed by atoms with Crippen molar-refractivity contribution in [3.05, 3.63) is 65.7 Å². The van der Waals surface area contributed by atoms with Crippen molar-refractivity contribution >= 4 is 17.7 Å². The minimum absolute atomic E-state index is 0.0260. The lowest BCUT2D eigenvalue weighted by Gasteiger charge is -2.37. The van der Waals surface area contributed by atoms with Crippen molar-refractivity contribution in [2.75, 3.05) is 32.8 Å². The largest absolute Gasteiger partial charge is 0.494 e. The van der Waals surface area contributed by atoms with Crippen molar-refractivity contribution in [2.45, 2.75) is 26.8 Å². The normalized spacial score (nSPS) is 14.8. The van der Waals surface area contributed by atoms with Crippen LogP contribution in [0.1, 0.15) is 41.5 Å². The maximum atomic E-state index is 13.2. The van der Waals surface area contributed by atoms with E-state index < -0.39 is 6.04 Å². The highest BCUT2D eigenvalue weighted by atomic mass is 16.5. The van der Waals surface area contributed by atoms with Gasteiger partial charge in [0.1, 0.15) is 11.8 Å². The second-order valence-corrected chi connectivity index (χ2v) is 8.14. The molecule has 2 aromatic carbocycles. The molecule has 7 heteroatoms. The molecule has 1 saturated heterocycles. The Hall–Kier alpha value is -3.35. The van der Waals surface area contributed by atoms with Gasteiger partial charge in [0.15, 0.2) is 0 Å². The van der Waals surface area contributed by atoms with Crippen LogP contribution in [0.3, 0.4) is 0 Å². The molecule has 7 nitrogen and oxygen atoms in total. The summed E-state index contributed by atoms with van der Waals surface area (Å²) < 4.78 is 5.41. The van der Waals surface area contributed by atoms with Gasteiger partial charge < -0.3 is 19.9 Å². The van der Waals surface area contributed by atoms with Crippen LogP contribution < -0.4 is 10.1 Å². The molecule has 0 aliphatic carbocycles. The van der Waals surface area contributed by atoms with Gasteiger partial charge >= 0.3 is 0 Å². The van der Waals surface area contributed by atoms with Gasteiger partial charge in [0.2, 0.25) is 5.91 Å². The number of amides is 3. The summed E-state index contributed by atoms with van der Waals surface area (Å²) in [4.78, 5) is 42.1. The van der Waals surface area contributed by atoms with E-state index in [1.807, 2.05) is 39.0 Å². The van der Waals surface area contributed by atoms with Crippen LogP contribution in [0.15, 0.2) is 54.6 Å². The SMILES string of the molecule is CCOc1ccc(C(=O)N[C@H](C(=O)N2CCN(C(=O)c3ccccc3)CC2)C(C)C)cc1. The summed E-state index contributed by atoms with van der Waals surface area (Å²) in [5.74, 6) is 0.188. The first-order valence-corrected chi connectivity index (χ1v) is 11.1. The Labute approximate surface area is 189 Å². The molecule has 0 unspecified atom stereocenters. The fourth-order valence-electron chi connectivity index (χ4n) is 3.70. The summed E-state index contributed by atoms with van der Waals surface area (Å²) in [6.45, 7) is 8.11. The van der Waals surface area contributed by atoms with Crippen molar-refractivity contribution in [3.8, 4) is 5.75 Å². The fraction of sp³-hybridized carbons (Fsp3) is 0.400. The van der Waals surface area contributed by atoms with Gasteiger partial charge in [-0.1, -0.05) is 32.0 Å². The second kappa shape index (κ2) is 10.8. The summed E-state index contributed by atoms with van der Waals surface area (Å²) in [6.07, 6.45) is 0. The first kappa shape index (κ1) is 23.3. The van der Waals surface area contributed by atoms with Crippen LogP contribution in [0.5, 0.6) is 5.75 Å². The van der Waals surface area contributed by atoms with Crippen molar-refractivity contribution in [1.29, 1.82) is 0 Å². The third-order valence-corrected chi connectivity index (χ3v) is 5.55. The molecule has 3 amide bonds. The zero-order valence-electron chi connectivity index (χ0n) is 18.9. The molecule has 0 radical (unpaired) electrons. The highest BCUT2D eigenvalue weighted by molar-refractivity contribution is 5.98. The predicted octanol–water partition coefficient (Wildman–Crippen LogP) is 2.82. The van der Waals surface area contributed by atoms with Gasteiger partial charge in [0.25, 0.3) is 11.8 Å². The number of hydrogen-bond donors (Lipinski definition) is 1. The van der Waals surface area contributed by atoms with Crippen LogP contribution >= 0.6 is 0 Å². The lowest BCUT2D eigenvalue weighted by Crippen LogP contribution is -2.57. The van der Waals surface area contributed by atoms with E-state index in [0.29, 0.717) is 49.7 Å². The molecule has 170 valence electrons. The zero-order chi connectivity index (χ0) is 23.1. The molecular formula is C25H31N3O4. The van der Waals surface area contributed by atoms with Crippen molar-refractivity contribution < 1.29 is 19.1 Å². The van der Waals surface area contributed by atoms with Gasteiger partial charge in [0.05, 0.1) is 6.61 Å². The summed E-state index contributed by atoms with van der Waals surface area (Å²) >= 11 is 0. The smallest absolute Gasteiger partial charge is 0.253 e. The third kappa shape index (κ3) is 5.66. The molecule has 0 spiro atoms. The number of ether oxygens (including phenoxy) is 1. The molecule has 1 aliphatic rings. The predicted molar refractivity (Wildman–Crippen MR) is 123 cm³/mol. The lowest BCUT2D eigenvalue weighted by molar-refractivity contribution is -0.135. The number of rotatable bonds is 7. The Morgan fingerprint density at radius 2 is 1.47 bits per heavy atom. The van der Waals surface area contributed by atoms with Gasteiger partial charge in [-0.3, -0.25) is 14.4 Å². The molecule has 1 fully saturated rings. The zero-order valence-corrected chi connectivity index (χ0v) is 18.9. The molecular weight excluding hydrogens is 406 g/mol. The van der Waals surface area contributed by atoms with Crippen LogP contribution in [0.2, 0.25) is 0 Å². The Balaban J connectivity index is 1.59. The summed E-state index contributed by atoms with van der Waals surface area (Å²) in [5.41, 5.74) is 1.13. The molecule has 1 atom stereocenters. The molecule has 0 saturated carbocycles. The Bertz CT molecular complexity index is 920. The van der Waals surface area contributed by atoms with E-state index in [2.05, 4.69) is 5.32 Å². The number of benzene rings is 2. The van der Waals surface area contributed by atoms with Gasteiger partial charge in [0, 0.05) is 37.3 Å². The maximum absolute atomic E-state index is 13.2. The molecule has 1 aliphatic heterocycles. The molecule has 0 aromatic heterocycles. The Morgan fingerprint density at radius 1 is 0.875 bits per heavy atom. The Kier molecular flexibility index (Phi) is 7.87. The maximum Gasteiger partial charge on any atom is 0.253 e. The van der Waals surface area contributed by atoms with Gasteiger partial charge in [-0.2, -0.15) is 0 Å². The number of hydrogen-bond acceptors (Lipinski definition) is 4. The number of piperazine rings is 1. The first-order valence-electron chi connectivity index (χ1n) is 11.1. The number of nitrogens with zero attached hydrogens (tertiary/aromatic N) is 2. The highest BCUT2D eigenvalue weighted by Gasteiger charge is 2.32. The van der Waals surface area contributed by atoms with Crippen molar-refractivity contribution in [3.63, 3.8) is 0 Å². The van der Waals surface area contributed by atoms with Gasteiger partial charge in [-0.05, 0) is 49.2 Å².